The van der Waals surface area contributed by atoms with Gasteiger partial charge in [0, 0.05) is 6.42 Å². The average molecular weight is 887 g/mol. The third-order valence-corrected chi connectivity index (χ3v) is 11.6. The molecule has 0 fully saturated rings. The van der Waals surface area contributed by atoms with Crippen LogP contribution in [0.15, 0.2) is 85.1 Å². The van der Waals surface area contributed by atoms with E-state index in [1.165, 1.54) is 77.0 Å². The van der Waals surface area contributed by atoms with Crippen LogP contribution in [0.25, 0.3) is 0 Å². The van der Waals surface area contributed by atoms with E-state index >= 15 is 0 Å². The Labute approximate surface area is 382 Å². The molecular formula is C53H95N2O6P. The van der Waals surface area contributed by atoms with Crippen LogP contribution in [0.1, 0.15) is 194 Å². The minimum absolute atomic E-state index is 0.00854. The van der Waals surface area contributed by atoms with Crippen LogP contribution < -0.4 is 10.2 Å². The van der Waals surface area contributed by atoms with Gasteiger partial charge in [0.05, 0.1) is 39.9 Å². The summed E-state index contributed by atoms with van der Waals surface area (Å²) in [5.41, 5.74) is 0. The molecule has 0 aliphatic rings. The Balaban J connectivity index is 4.36. The number of nitrogens with one attached hydrogen (secondary N) is 1. The Morgan fingerprint density at radius 1 is 0.581 bits per heavy atom. The van der Waals surface area contributed by atoms with E-state index in [9.17, 15) is 19.4 Å². The van der Waals surface area contributed by atoms with E-state index in [2.05, 4.69) is 92.1 Å². The molecule has 0 aromatic carbocycles. The zero-order chi connectivity index (χ0) is 45.7. The van der Waals surface area contributed by atoms with Gasteiger partial charge in [0.1, 0.15) is 13.2 Å². The number of carbonyl (C=O) groups is 1. The number of phosphoric acid groups is 1. The molecule has 0 bridgehead atoms. The first-order valence-electron chi connectivity index (χ1n) is 24.9. The molecular weight excluding hydrogens is 792 g/mol. The van der Waals surface area contributed by atoms with Crippen molar-refractivity contribution in [3.8, 4) is 0 Å². The Hall–Kier alpha value is -2.32. The molecule has 0 rings (SSSR count). The van der Waals surface area contributed by atoms with E-state index in [0.717, 1.165) is 96.3 Å². The van der Waals surface area contributed by atoms with Gasteiger partial charge in [-0.25, -0.2) is 0 Å². The first kappa shape index (κ1) is 59.7. The highest BCUT2D eigenvalue weighted by Gasteiger charge is 2.23. The number of quaternary nitrogens is 1. The summed E-state index contributed by atoms with van der Waals surface area (Å²) in [4.78, 5) is 25.4. The number of aliphatic hydroxyl groups is 1. The molecule has 62 heavy (non-hydrogen) atoms. The van der Waals surface area contributed by atoms with Crippen molar-refractivity contribution in [1.82, 2.24) is 5.32 Å². The van der Waals surface area contributed by atoms with Crippen LogP contribution in [0.2, 0.25) is 0 Å². The molecule has 0 aromatic rings. The summed E-state index contributed by atoms with van der Waals surface area (Å²) in [5, 5.41) is 13.8. The molecule has 8 nitrogen and oxygen atoms in total. The summed E-state index contributed by atoms with van der Waals surface area (Å²) in [6, 6.07) is -0.899. The number of likely N-dealkylation sites (N-methyl/N-ethyl adjacent to an activating group) is 1. The van der Waals surface area contributed by atoms with Crippen LogP contribution in [-0.2, 0) is 18.4 Å². The fraction of sp³-hybridized carbons (Fsp3) is 0.717. The van der Waals surface area contributed by atoms with Crippen molar-refractivity contribution < 1.29 is 32.9 Å². The van der Waals surface area contributed by atoms with E-state index in [-0.39, 0.29) is 12.5 Å². The van der Waals surface area contributed by atoms with Crippen LogP contribution in [0.3, 0.4) is 0 Å². The summed E-state index contributed by atoms with van der Waals surface area (Å²) in [5.74, 6) is -0.216. The van der Waals surface area contributed by atoms with Gasteiger partial charge in [-0.05, 0) is 70.6 Å². The fourth-order valence-corrected chi connectivity index (χ4v) is 7.41. The molecule has 0 heterocycles. The second kappa shape index (κ2) is 43.9. The largest absolute Gasteiger partial charge is 0.756 e. The van der Waals surface area contributed by atoms with E-state index in [0.29, 0.717) is 17.4 Å². The van der Waals surface area contributed by atoms with Crippen molar-refractivity contribution in [2.45, 2.75) is 206 Å². The topological polar surface area (TPSA) is 108 Å². The maximum absolute atomic E-state index is 12.9. The van der Waals surface area contributed by atoms with Crippen molar-refractivity contribution in [3.63, 3.8) is 0 Å². The van der Waals surface area contributed by atoms with Crippen LogP contribution in [0.4, 0.5) is 0 Å². The van der Waals surface area contributed by atoms with Gasteiger partial charge in [0.25, 0.3) is 7.82 Å². The number of hydrogen-bond acceptors (Lipinski definition) is 6. The van der Waals surface area contributed by atoms with Gasteiger partial charge in [0.2, 0.25) is 5.91 Å². The number of carbonyl (C=O) groups excluding carboxylic acids is 1. The standard InChI is InChI=1S/C53H95N2O6P/c1-6-8-10-12-14-16-18-20-22-23-24-25-26-27-28-29-30-31-33-35-37-39-41-43-45-47-53(57)54-51(50-61-62(58,59)60-49-48-55(3,4)5)52(56)46-44-42-40-38-36-34-32-21-19-17-15-13-11-9-7-2/h8,10,14,16,20,22,24-25,27-28,30-31,44,46,51-52,56H,6-7,9,11-13,15,17-19,21,23,26,29,32-43,45,47-50H2,1-5H3,(H-,54,57,58,59)/b10-8-,16-14-,22-20-,25-24-,28-27-,31-30-,46-44+. The van der Waals surface area contributed by atoms with Crippen LogP contribution in [0.5, 0.6) is 0 Å². The van der Waals surface area contributed by atoms with Crippen LogP contribution in [-0.4, -0.2) is 68.5 Å². The van der Waals surface area contributed by atoms with Gasteiger partial charge >= 0.3 is 0 Å². The van der Waals surface area contributed by atoms with Gasteiger partial charge in [-0.15, -0.1) is 0 Å². The van der Waals surface area contributed by atoms with Gasteiger partial charge in [-0.3, -0.25) is 9.36 Å². The highest BCUT2D eigenvalue weighted by molar-refractivity contribution is 7.45. The van der Waals surface area contributed by atoms with Gasteiger partial charge in [0.15, 0.2) is 0 Å². The zero-order valence-electron chi connectivity index (χ0n) is 40.5. The van der Waals surface area contributed by atoms with Crippen molar-refractivity contribution in [1.29, 1.82) is 0 Å². The number of allylic oxidation sites excluding steroid dienone is 13. The lowest BCUT2D eigenvalue weighted by Gasteiger charge is -2.29. The number of phosphoric ester groups is 1. The second-order valence-electron chi connectivity index (χ2n) is 17.8. The first-order chi connectivity index (χ1) is 30.0. The van der Waals surface area contributed by atoms with E-state index in [4.69, 9.17) is 9.05 Å². The zero-order valence-corrected chi connectivity index (χ0v) is 41.4. The lowest BCUT2D eigenvalue weighted by atomic mass is 10.0. The number of aliphatic hydroxyl groups excluding tert-OH is 1. The maximum atomic E-state index is 12.9. The fourth-order valence-electron chi connectivity index (χ4n) is 6.68. The Morgan fingerprint density at radius 3 is 1.44 bits per heavy atom. The minimum atomic E-state index is -4.60. The van der Waals surface area contributed by atoms with Crippen LogP contribution >= 0.6 is 7.82 Å². The molecule has 0 spiro atoms. The van der Waals surface area contributed by atoms with E-state index < -0.39 is 26.6 Å². The third kappa shape index (κ3) is 45.7. The van der Waals surface area contributed by atoms with Gasteiger partial charge < -0.3 is 28.8 Å². The number of nitrogens with zero attached hydrogens (tertiary/aromatic N) is 1. The Morgan fingerprint density at radius 2 is 0.984 bits per heavy atom. The van der Waals surface area contributed by atoms with Crippen molar-refractivity contribution in [3.05, 3.63) is 85.1 Å². The monoisotopic (exact) mass is 887 g/mol. The predicted octanol–water partition coefficient (Wildman–Crippen LogP) is 13.9. The van der Waals surface area contributed by atoms with E-state index in [1.807, 2.05) is 27.2 Å². The molecule has 9 heteroatoms. The molecule has 1 amide bonds. The highest BCUT2D eigenvalue weighted by Crippen LogP contribution is 2.38. The summed E-state index contributed by atoms with van der Waals surface area (Å²) in [6.07, 6.45) is 60.6. The average Bonchev–Trinajstić information content (AvgIpc) is 3.23. The molecule has 0 saturated carbocycles. The summed E-state index contributed by atoms with van der Waals surface area (Å²) < 4.78 is 23.2. The quantitative estimate of drug-likeness (QED) is 0.0273. The molecule has 2 N–H and O–H groups in total. The molecule has 0 radical (unpaired) electrons. The maximum Gasteiger partial charge on any atom is 0.268 e. The van der Waals surface area contributed by atoms with Gasteiger partial charge in [-0.1, -0.05) is 202 Å². The molecule has 358 valence electrons. The number of unbranched alkanes of at least 4 members (excludes halogenated alkanes) is 19. The lowest BCUT2D eigenvalue weighted by Crippen LogP contribution is -2.45. The number of rotatable bonds is 44. The van der Waals surface area contributed by atoms with Crippen molar-refractivity contribution >= 4 is 13.7 Å². The summed E-state index contributed by atoms with van der Waals surface area (Å²) in [7, 11) is 1.24. The molecule has 3 unspecified atom stereocenters. The SMILES string of the molecule is CC/C=C\C/C=C\C/C=C\C/C=C\C/C=C\C/C=C\CCCCCCCCC(=O)NC(COP(=O)([O-])OCC[N+](C)(C)C)C(O)/C=C/CCCCCCCCCCCCCCC. The Kier molecular flexibility index (Phi) is 42.3. The third-order valence-electron chi connectivity index (χ3n) is 10.6. The molecule has 0 saturated heterocycles. The number of hydrogen-bond donors (Lipinski definition) is 2. The summed E-state index contributed by atoms with van der Waals surface area (Å²) >= 11 is 0. The van der Waals surface area contributed by atoms with Crippen molar-refractivity contribution in [2.75, 3.05) is 40.9 Å². The van der Waals surface area contributed by atoms with Crippen molar-refractivity contribution in [2.24, 2.45) is 0 Å². The molecule has 0 aromatic heterocycles. The lowest BCUT2D eigenvalue weighted by molar-refractivity contribution is -0.870. The molecule has 0 aliphatic carbocycles. The smallest absolute Gasteiger partial charge is 0.268 e. The Bertz CT molecular complexity index is 1280. The second-order valence-corrected chi connectivity index (χ2v) is 19.2. The number of amides is 1. The predicted molar refractivity (Wildman–Crippen MR) is 265 cm³/mol. The molecule has 3 atom stereocenters. The molecule has 0 aliphatic heterocycles. The van der Waals surface area contributed by atoms with E-state index in [1.54, 1.807) is 6.08 Å². The normalized spacial score (nSPS) is 14.9. The minimum Gasteiger partial charge on any atom is -0.756 e. The summed E-state index contributed by atoms with van der Waals surface area (Å²) in [6.45, 7) is 4.51. The van der Waals surface area contributed by atoms with Gasteiger partial charge in [-0.2, -0.15) is 0 Å². The van der Waals surface area contributed by atoms with Crippen LogP contribution in [0, 0.1) is 0 Å². The first-order valence-corrected chi connectivity index (χ1v) is 26.4. The highest BCUT2D eigenvalue weighted by atomic mass is 31.2.